The fraction of sp³-hybridized carbons (Fsp3) is 0.316. The van der Waals surface area contributed by atoms with E-state index >= 15 is 0 Å². The van der Waals surface area contributed by atoms with Crippen molar-refractivity contribution in [1.82, 2.24) is 9.88 Å². The second kappa shape index (κ2) is 6.67. The minimum Gasteiger partial charge on any atom is -0.292 e. The molecule has 1 aromatic heterocycles. The highest BCUT2D eigenvalue weighted by molar-refractivity contribution is 8.00. The zero-order valence-electron chi connectivity index (χ0n) is 13.4. The zero-order chi connectivity index (χ0) is 15.5. The summed E-state index contributed by atoms with van der Waals surface area (Å²) in [7, 11) is 0. The second-order valence-electron chi connectivity index (χ2n) is 5.41. The number of hydrogen-bond donors (Lipinski definition) is 0. The highest BCUT2D eigenvalue weighted by atomic mass is 32.2. The number of pyridine rings is 1. The molecule has 3 heteroatoms. The van der Waals surface area contributed by atoms with E-state index in [1.807, 2.05) is 11.8 Å². The van der Waals surface area contributed by atoms with Gasteiger partial charge in [-0.3, -0.25) is 4.90 Å². The molecule has 3 aromatic rings. The van der Waals surface area contributed by atoms with E-state index in [-0.39, 0.29) is 0 Å². The Morgan fingerprint density at radius 2 is 1.41 bits per heavy atom. The standard InChI is InChI=1S/C19H22N2S/c1-4-21(5-2)14(3)22-19-15-10-6-8-12-17(15)20-18-13-9-7-11-16(18)19/h6-14H,4-5H2,1-3H3. The van der Waals surface area contributed by atoms with E-state index in [4.69, 9.17) is 4.98 Å². The number of benzene rings is 2. The third-order valence-corrected chi connectivity index (χ3v) is 5.47. The maximum atomic E-state index is 4.80. The van der Waals surface area contributed by atoms with Gasteiger partial charge in [-0.05, 0) is 32.1 Å². The van der Waals surface area contributed by atoms with Crippen LogP contribution in [-0.2, 0) is 0 Å². The quantitative estimate of drug-likeness (QED) is 0.367. The van der Waals surface area contributed by atoms with E-state index in [0.29, 0.717) is 5.37 Å². The van der Waals surface area contributed by atoms with Gasteiger partial charge in [-0.1, -0.05) is 50.2 Å². The molecule has 0 radical (unpaired) electrons. The average molecular weight is 310 g/mol. The number of fused-ring (bicyclic) bond motifs is 2. The number of rotatable bonds is 5. The van der Waals surface area contributed by atoms with Gasteiger partial charge in [-0.15, -0.1) is 11.8 Å². The van der Waals surface area contributed by atoms with Gasteiger partial charge in [0.1, 0.15) is 0 Å². The summed E-state index contributed by atoms with van der Waals surface area (Å²) >= 11 is 1.95. The van der Waals surface area contributed by atoms with Gasteiger partial charge in [0.05, 0.1) is 16.4 Å². The van der Waals surface area contributed by atoms with Crippen molar-refractivity contribution in [2.75, 3.05) is 13.1 Å². The third-order valence-electron chi connectivity index (χ3n) is 4.15. The largest absolute Gasteiger partial charge is 0.292 e. The highest BCUT2D eigenvalue weighted by Gasteiger charge is 2.16. The molecule has 0 spiro atoms. The molecule has 22 heavy (non-hydrogen) atoms. The third kappa shape index (κ3) is 2.83. The molecule has 3 rings (SSSR count). The lowest BCUT2D eigenvalue weighted by molar-refractivity contribution is 0.297. The molecular formula is C19H22N2S. The lowest BCUT2D eigenvalue weighted by atomic mass is 10.1. The zero-order valence-corrected chi connectivity index (χ0v) is 14.2. The first-order valence-electron chi connectivity index (χ1n) is 7.92. The predicted molar refractivity (Wildman–Crippen MR) is 97.5 cm³/mol. The SMILES string of the molecule is CCN(CC)C(C)Sc1c2ccccc2nc2ccccc12. The Morgan fingerprint density at radius 3 is 1.91 bits per heavy atom. The molecule has 0 bridgehead atoms. The average Bonchev–Trinajstić information content (AvgIpc) is 2.55. The van der Waals surface area contributed by atoms with Crippen molar-refractivity contribution in [3.8, 4) is 0 Å². The Bertz CT molecular complexity index is 727. The smallest absolute Gasteiger partial charge is 0.0721 e. The van der Waals surface area contributed by atoms with Crippen molar-refractivity contribution in [3.05, 3.63) is 48.5 Å². The first-order valence-corrected chi connectivity index (χ1v) is 8.80. The molecule has 0 amide bonds. The van der Waals surface area contributed by atoms with E-state index in [1.165, 1.54) is 15.7 Å². The van der Waals surface area contributed by atoms with E-state index in [9.17, 15) is 0 Å². The Hall–Kier alpha value is -1.58. The normalized spacial score (nSPS) is 13.1. The van der Waals surface area contributed by atoms with Crippen LogP contribution in [0.25, 0.3) is 21.8 Å². The summed E-state index contributed by atoms with van der Waals surface area (Å²) in [6, 6.07) is 16.9. The lowest BCUT2D eigenvalue weighted by Crippen LogP contribution is -2.30. The number of hydrogen-bond acceptors (Lipinski definition) is 3. The monoisotopic (exact) mass is 310 g/mol. The number of nitrogens with zero attached hydrogens (tertiary/aromatic N) is 2. The van der Waals surface area contributed by atoms with Crippen LogP contribution < -0.4 is 0 Å². The first-order chi connectivity index (χ1) is 10.7. The van der Waals surface area contributed by atoms with Crippen molar-refractivity contribution in [1.29, 1.82) is 0 Å². The highest BCUT2D eigenvalue weighted by Crippen LogP contribution is 2.36. The molecule has 0 fully saturated rings. The number of para-hydroxylation sites is 2. The molecular weight excluding hydrogens is 288 g/mol. The van der Waals surface area contributed by atoms with Crippen LogP contribution in [0.15, 0.2) is 53.4 Å². The van der Waals surface area contributed by atoms with E-state index in [1.54, 1.807) is 0 Å². The molecule has 0 N–H and O–H groups in total. The molecule has 114 valence electrons. The summed E-state index contributed by atoms with van der Waals surface area (Å²) in [6.07, 6.45) is 0. The van der Waals surface area contributed by atoms with Crippen LogP contribution >= 0.6 is 11.8 Å². The van der Waals surface area contributed by atoms with Crippen LogP contribution in [0.5, 0.6) is 0 Å². The van der Waals surface area contributed by atoms with Crippen LogP contribution in [0.3, 0.4) is 0 Å². The second-order valence-corrected chi connectivity index (χ2v) is 6.74. The summed E-state index contributed by atoms with van der Waals surface area (Å²) in [5.41, 5.74) is 2.16. The van der Waals surface area contributed by atoms with E-state index in [0.717, 1.165) is 24.1 Å². The molecule has 0 saturated carbocycles. The molecule has 1 unspecified atom stereocenters. The van der Waals surface area contributed by atoms with E-state index in [2.05, 4.69) is 74.2 Å². The Balaban J connectivity index is 2.16. The Morgan fingerprint density at radius 1 is 0.909 bits per heavy atom. The van der Waals surface area contributed by atoms with Crippen molar-refractivity contribution >= 4 is 33.6 Å². The van der Waals surface area contributed by atoms with Crippen molar-refractivity contribution < 1.29 is 0 Å². The van der Waals surface area contributed by atoms with Gasteiger partial charge in [-0.2, -0.15) is 0 Å². The van der Waals surface area contributed by atoms with Crippen molar-refractivity contribution in [2.24, 2.45) is 0 Å². The van der Waals surface area contributed by atoms with Crippen LogP contribution in [0.1, 0.15) is 20.8 Å². The van der Waals surface area contributed by atoms with Gasteiger partial charge in [0.2, 0.25) is 0 Å². The van der Waals surface area contributed by atoms with Crippen LogP contribution in [0, 0.1) is 0 Å². The fourth-order valence-electron chi connectivity index (χ4n) is 2.91. The summed E-state index contributed by atoms with van der Waals surface area (Å²) in [4.78, 5) is 8.63. The predicted octanol–water partition coefficient (Wildman–Crippen LogP) is 5.17. The summed E-state index contributed by atoms with van der Waals surface area (Å²) in [5.74, 6) is 0. The molecule has 2 aromatic carbocycles. The Kier molecular flexibility index (Phi) is 4.65. The maximum Gasteiger partial charge on any atom is 0.0721 e. The Labute approximate surface area is 136 Å². The van der Waals surface area contributed by atoms with Gasteiger partial charge >= 0.3 is 0 Å². The van der Waals surface area contributed by atoms with Crippen molar-refractivity contribution in [2.45, 2.75) is 31.0 Å². The molecule has 0 aliphatic rings. The molecule has 2 nitrogen and oxygen atoms in total. The number of aromatic nitrogens is 1. The molecule has 1 heterocycles. The van der Waals surface area contributed by atoms with Crippen molar-refractivity contribution in [3.63, 3.8) is 0 Å². The maximum absolute atomic E-state index is 4.80. The molecule has 1 atom stereocenters. The number of thioether (sulfide) groups is 1. The summed E-state index contributed by atoms with van der Waals surface area (Å²) in [6.45, 7) is 8.89. The minimum absolute atomic E-state index is 0.448. The molecule has 0 aliphatic heterocycles. The van der Waals surface area contributed by atoms with Crippen LogP contribution in [-0.4, -0.2) is 28.3 Å². The van der Waals surface area contributed by atoms with Gasteiger partial charge in [0, 0.05) is 15.7 Å². The minimum atomic E-state index is 0.448. The van der Waals surface area contributed by atoms with Crippen LogP contribution in [0.2, 0.25) is 0 Å². The topological polar surface area (TPSA) is 16.1 Å². The van der Waals surface area contributed by atoms with E-state index < -0.39 is 0 Å². The van der Waals surface area contributed by atoms with Gasteiger partial charge in [0.15, 0.2) is 0 Å². The van der Waals surface area contributed by atoms with Gasteiger partial charge < -0.3 is 0 Å². The van der Waals surface area contributed by atoms with Crippen LogP contribution in [0.4, 0.5) is 0 Å². The fourth-order valence-corrected chi connectivity index (χ4v) is 4.30. The lowest BCUT2D eigenvalue weighted by Gasteiger charge is -2.26. The summed E-state index contributed by atoms with van der Waals surface area (Å²) < 4.78 is 0. The summed E-state index contributed by atoms with van der Waals surface area (Å²) in [5, 5.41) is 2.96. The first kappa shape index (κ1) is 15.3. The van der Waals surface area contributed by atoms with Gasteiger partial charge in [-0.25, -0.2) is 4.98 Å². The van der Waals surface area contributed by atoms with Gasteiger partial charge in [0.25, 0.3) is 0 Å². The molecule has 0 saturated heterocycles. The molecule has 0 aliphatic carbocycles.